The molecule has 0 aliphatic heterocycles. The Labute approximate surface area is 129 Å². The van der Waals surface area contributed by atoms with Crippen molar-refractivity contribution < 1.29 is 9.53 Å². The van der Waals surface area contributed by atoms with E-state index < -0.39 is 0 Å². The molecule has 0 aliphatic carbocycles. The number of aromatic nitrogens is 1. The van der Waals surface area contributed by atoms with Gasteiger partial charge >= 0.3 is 5.97 Å². The van der Waals surface area contributed by atoms with Gasteiger partial charge in [0.1, 0.15) is 6.04 Å². The number of fused-ring (bicyclic) bond motifs is 1. The van der Waals surface area contributed by atoms with Crippen molar-refractivity contribution in [2.45, 2.75) is 37.9 Å². The fourth-order valence-corrected chi connectivity index (χ4v) is 3.10. The first-order chi connectivity index (χ1) is 10.1. The Hall–Kier alpha value is -1.46. The number of hydrogen-bond donors (Lipinski definition) is 2. The molecule has 0 amide bonds. The number of H-pyrrole nitrogens is 1. The SMILES string of the molecule is CCOC(=O)C(CSc1cc2ccccc2[nH]1)NC(C)C. The summed E-state index contributed by atoms with van der Waals surface area (Å²) in [6, 6.07) is 10.2. The standard InChI is InChI=1S/C16H22N2O2S/c1-4-20-16(19)14(17-11(2)3)10-21-15-9-12-7-5-6-8-13(12)18-15/h5-9,11,14,17-18H,4,10H2,1-3H3. The van der Waals surface area contributed by atoms with Crippen LogP contribution in [0.1, 0.15) is 20.8 Å². The van der Waals surface area contributed by atoms with E-state index in [0.717, 1.165) is 10.5 Å². The van der Waals surface area contributed by atoms with Crippen molar-refractivity contribution in [3.63, 3.8) is 0 Å². The van der Waals surface area contributed by atoms with Gasteiger partial charge in [0.05, 0.1) is 11.6 Å². The second-order valence-corrected chi connectivity index (χ2v) is 6.22. The van der Waals surface area contributed by atoms with Crippen LogP contribution in [-0.4, -0.2) is 35.4 Å². The molecule has 1 atom stereocenters. The molecule has 0 bridgehead atoms. The molecule has 2 N–H and O–H groups in total. The number of benzene rings is 1. The topological polar surface area (TPSA) is 54.1 Å². The molecular weight excluding hydrogens is 284 g/mol. The third-order valence-corrected chi connectivity index (χ3v) is 4.05. The van der Waals surface area contributed by atoms with Crippen molar-refractivity contribution in [2.75, 3.05) is 12.4 Å². The van der Waals surface area contributed by atoms with Gasteiger partial charge in [-0.05, 0) is 19.1 Å². The Balaban J connectivity index is 2.01. The molecule has 4 nitrogen and oxygen atoms in total. The van der Waals surface area contributed by atoms with E-state index >= 15 is 0 Å². The second kappa shape index (κ2) is 7.52. The zero-order valence-corrected chi connectivity index (χ0v) is 13.5. The van der Waals surface area contributed by atoms with Crippen LogP contribution >= 0.6 is 11.8 Å². The molecule has 1 aromatic carbocycles. The van der Waals surface area contributed by atoms with Gasteiger partial charge < -0.3 is 15.0 Å². The van der Waals surface area contributed by atoms with Crippen LogP contribution in [0.5, 0.6) is 0 Å². The number of esters is 1. The lowest BCUT2D eigenvalue weighted by molar-refractivity contribution is -0.145. The Bertz CT molecular complexity index is 562. The van der Waals surface area contributed by atoms with E-state index in [9.17, 15) is 4.79 Å². The van der Waals surface area contributed by atoms with Gasteiger partial charge in [-0.3, -0.25) is 4.79 Å². The Morgan fingerprint density at radius 2 is 2.14 bits per heavy atom. The van der Waals surface area contributed by atoms with E-state index in [0.29, 0.717) is 12.4 Å². The molecule has 0 radical (unpaired) electrons. The van der Waals surface area contributed by atoms with Crippen LogP contribution < -0.4 is 5.32 Å². The molecule has 1 heterocycles. The number of nitrogens with one attached hydrogen (secondary N) is 2. The van der Waals surface area contributed by atoms with Crippen LogP contribution in [0.15, 0.2) is 35.4 Å². The first-order valence-electron chi connectivity index (χ1n) is 7.23. The summed E-state index contributed by atoms with van der Waals surface area (Å²) in [5, 5.41) is 5.51. The van der Waals surface area contributed by atoms with Gasteiger partial charge in [-0.2, -0.15) is 0 Å². The maximum Gasteiger partial charge on any atom is 0.324 e. The second-order valence-electron chi connectivity index (χ2n) is 5.16. The molecule has 2 rings (SSSR count). The number of ether oxygens (including phenoxy) is 1. The van der Waals surface area contributed by atoms with Gasteiger partial charge in [0.2, 0.25) is 0 Å². The molecule has 5 heteroatoms. The highest BCUT2D eigenvalue weighted by molar-refractivity contribution is 7.99. The summed E-state index contributed by atoms with van der Waals surface area (Å²) in [6.07, 6.45) is 0. The Morgan fingerprint density at radius 3 is 2.81 bits per heavy atom. The summed E-state index contributed by atoms with van der Waals surface area (Å²) in [7, 11) is 0. The predicted molar refractivity (Wildman–Crippen MR) is 87.7 cm³/mol. The molecule has 1 aromatic heterocycles. The molecule has 1 unspecified atom stereocenters. The molecule has 0 saturated heterocycles. The van der Waals surface area contributed by atoms with E-state index in [2.05, 4.69) is 28.5 Å². The number of thioether (sulfide) groups is 1. The third kappa shape index (κ3) is 4.51. The van der Waals surface area contributed by atoms with Crippen LogP contribution in [-0.2, 0) is 9.53 Å². The van der Waals surface area contributed by atoms with Crippen molar-refractivity contribution >= 4 is 28.6 Å². The number of para-hydroxylation sites is 1. The van der Waals surface area contributed by atoms with Gasteiger partial charge in [-0.1, -0.05) is 32.0 Å². The average molecular weight is 306 g/mol. The molecular formula is C16H22N2O2S. The summed E-state index contributed by atoms with van der Waals surface area (Å²) < 4.78 is 5.13. The molecule has 114 valence electrons. The summed E-state index contributed by atoms with van der Waals surface area (Å²) in [5.41, 5.74) is 1.12. The summed E-state index contributed by atoms with van der Waals surface area (Å²) >= 11 is 1.63. The van der Waals surface area contributed by atoms with E-state index in [1.54, 1.807) is 11.8 Å². The van der Waals surface area contributed by atoms with Crippen LogP contribution in [0.4, 0.5) is 0 Å². The largest absolute Gasteiger partial charge is 0.465 e. The van der Waals surface area contributed by atoms with Crippen molar-refractivity contribution in [1.29, 1.82) is 0 Å². The minimum absolute atomic E-state index is 0.185. The van der Waals surface area contributed by atoms with Crippen molar-refractivity contribution in [3.05, 3.63) is 30.3 Å². The highest BCUT2D eigenvalue weighted by Gasteiger charge is 2.20. The van der Waals surface area contributed by atoms with Crippen molar-refractivity contribution in [2.24, 2.45) is 0 Å². The van der Waals surface area contributed by atoms with E-state index in [1.165, 1.54) is 5.39 Å². The normalized spacial score (nSPS) is 12.8. The van der Waals surface area contributed by atoms with E-state index in [-0.39, 0.29) is 18.1 Å². The lowest BCUT2D eigenvalue weighted by Gasteiger charge is -2.19. The van der Waals surface area contributed by atoms with Gasteiger partial charge in [0.15, 0.2) is 0 Å². The highest BCUT2D eigenvalue weighted by atomic mass is 32.2. The van der Waals surface area contributed by atoms with Crippen LogP contribution in [0.25, 0.3) is 10.9 Å². The number of hydrogen-bond acceptors (Lipinski definition) is 4. The monoisotopic (exact) mass is 306 g/mol. The van der Waals surface area contributed by atoms with Crippen molar-refractivity contribution in [3.8, 4) is 0 Å². The summed E-state index contributed by atoms with van der Waals surface area (Å²) in [6.45, 7) is 6.29. The summed E-state index contributed by atoms with van der Waals surface area (Å²) in [4.78, 5) is 15.3. The predicted octanol–water partition coefficient (Wildman–Crippen LogP) is 3.19. The average Bonchev–Trinajstić information content (AvgIpc) is 2.86. The van der Waals surface area contributed by atoms with Gasteiger partial charge in [-0.25, -0.2) is 0 Å². The third-order valence-electron chi connectivity index (χ3n) is 3.02. The first kappa shape index (κ1) is 15.9. The van der Waals surface area contributed by atoms with E-state index in [4.69, 9.17) is 4.74 Å². The minimum atomic E-state index is -0.290. The lowest BCUT2D eigenvalue weighted by Crippen LogP contribution is -2.43. The Morgan fingerprint density at radius 1 is 1.38 bits per heavy atom. The number of carbonyl (C=O) groups excluding carboxylic acids is 1. The highest BCUT2D eigenvalue weighted by Crippen LogP contribution is 2.23. The van der Waals surface area contributed by atoms with E-state index in [1.807, 2.05) is 32.9 Å². The smallest absolute Gasteiger partial charge is 0.324 e. The maximum absolute atomic E-state index is 12.0. The molecule has 0 fully saturated rings. The van der Waals surface area contributed by atoms with Gasteiger partial charge in [0.25, 0.3) is 0 Å². The van der Waals surface area contributed by atoms with Gasteiger partial charge in [0, 0.05) is 22.7 Å². The lowest BCUT2D eigenvalue weighted by atomic mass is 10.3. The minimum Gasteiger partial charge on any atom is -0.465 e. The van der Waals surface area contributed by atoms with Crippen LogP contribution in [0.2, 0.25) is 0 Å². The van der Waals surface area contributed by atoms with Crippen LogP contribution in [0, 0.1) is 0 Å². The quantitative estimate of drug-likeness (QED) is 0.609. The van der Waals surface area contributed by atoms with Crippen molar-refractivity contribution in [1.82, 2.24) is 10.3 Å². The van der Waals surface area contributed by atoms with Gasteiger partial charge in [-0.15, -0.1) is 11.8 Å². The molecule has 21 heavy (non-hydrogen) atoms. The summed E-state index contributed by atoms with van der Waals surface area (Å²) in [5.74, 6) is 0.457. The number of aromatic amines is 1. The van der Waals surface area contributed by atoms with Crippen LogP contribution in [0.3, 0.4) is 0 Å². The Kier molecular flexibility index (Phi) is 5.70. The number of carbonyl (C=O) groups is 1. The fourth-order valence-electron chi connectivity index (χ4n) is 2.13. The first-order valence-corrected chi connectivity index (χ1v) is 8.22. The number of rotatable bonds is 7. The molecule has 0 aliphatic rings. The molecule has 0 spiro atoms. The fraction of sp³-hybridized carbons (Fsp3) is 0.438. The molecule has 2 aromatic rings. The molecule has 0 saturated carbocycles. The zero-order valence-electron chi connectivity index (χ0n) is 12.7. The maximum atomic E-state index is 12.0. The zero-order chi connectivity index (χ0) is 15.2.